The van der Waals surface area contributed by atoms with Crippen molar-refractivity contribution in [2.75, 3.05) is 13.2 Å². The van der Waals surface area contributed by atoms with Gasteiger partial charge in [-0.1, -0.05) is 18.5 Å². The van der Waals surface area contributed by atoms with Gasteiger partial charge < -0.3 is 9.47 Å². The lowest BCUT2D eigenvalue weighted by Crippen LogP contribution is -2.43. The minimum absolute atomic E-state index is 0.190. The summed E-state index contributed by atoms with van der Waals surface area (Å²) in [5, 5.41) is 2.79. The fourth-order valence-electron chi connectivity index (χ4n) is 2.61. The van der Waals surface area contributed by atoms with Crippen LogP contribution in [0.25, 0.3) is 0 Å². The summed E-state index contributed by atoms with van der Waals surface area (Å²) in [7, 11) is 0. The minimum atomic E-state index is -0.286. The average molecular weight is 296 g/mol. The molecule has 0 radical (unpaired) electrons. The van der Waals surface area contributed by atoms with Crippen LogP contribution in [0.15, 0.2) is 12.1 Å². The lowest BCUT2D eigenvalue weighted by Gasteiger charge is -2.29. The van der Waals surface area contributed by atoms with Crippen LogP contribution in [0.2, 0.25) is 5.02 Å². The highest BCUT2D eigenvalue weighted by Gasteiger charge is 2.34. The van der Waals surface area contributed by atoms with Crippen LogP contribution in [-0.2, 0) is 9.59 Å². The highest BCUT2D eigenvalue weighted by Crippen LogP contribution is 2.42. The quantitative estimate of drug-likeness (QED) is 0.804. The minimum Gasteiger partial charge on any atom is -0.486 e. The second-order valence-corrected chi connectivity index (χ2v) is 5.45. The van der Waals surface area contributed by atoms with E-state index in [1.807, 2.05) is 6.07 Å². The number of fused-ring (bicyclic) bond motifs is 1. The van der Waals surface area contributed by atoms with Crippen molar-refractivity contribution < 1.29 is 19.1 Å². The van der Waals surface area contributed by atoms with E-state index in [1.165, 1.54) is 0 Å². The van der Waals surface area contributed by atoms with Crippen LogP contribution in [-0.4, -0.2) is 25.0 Å². The molecule has 6 heteroatoms. The number of ether oxygens (including phenoxy) is 2. The highest BCUT2D eigenvalue weighted by atomic mass is 35.5. The van der Waals surface area contributed by atoms with Gasteiger partial charge in [-0.3, -0.25) is 14.9 Å². The van der Waals surface area contributed by atoms with Gasteiger partial charge in [0.15, 0.2) is 11.5 Å². The van der Waals surface area contributed by atoms with Crippen molar-refractivity contribution >= 4 is 23.4 Å². The zero-order valence-electron chi connectivity index (χ0n) is 10.9. The molecule has 1 N–H and O–H groups in total. The molecule has 5 nitrogen and oxygen atoms in total. The lowest BCUT2D eigenvalue weighted by atomic mass is 9.81. The van der Waals surface area contributed by atoms with Gasteiger partial charge in [0.1, 0.15) is 13.2 Å². The summed E-state index contributed by atoms with van der Waals surface area (Å²) >= 11 is 6.20. The Bertz CT molecular complexity index is 587. The maximum absolute atomic E-state index is 11.7. The van der Waals surface area contributed by atoms with E-state index >= 15 is 0 Å². The van der Waals surface area contributed by atoms with Crippen LogP contribution in [0.3, 0.4) is 0 Å². The van der Waals surface area contributed by atoms with Crippen LogP contribution < -0.4 is 14.8 Å². The van der Waals surface area contributed by atoms with Gasteiger partial charge in [-0.05, 0) is 17.7 Å². The van der Waals surface area contributed by atoms with Crippen molar-refractivity contribution in [3.05, 3.63) is 22.7 Å². The van der Waals surface area contributed by atoms with Gasteiger partial charge in [-0.2, -0.15) is 0 Å². The van der Waals surface area contributed by atoms with Crippen LogP contribution in [0.1, 0.15) is 24.8 Å². The molecule has 1 aromatic rings. The van der Waals surface area contributed by atoms with E-state index in [1.54, 1.807) is 13.0 Å². The first-order valence-electron chi connectivity index (χ1n) is 6.49. The molecule has 2 aliphatic heterocycles. The number of amides is 2. The SMILES string of the molecule is CC1C(=O)NC(=O)CC1c1cc(Cl)c2c(c1)OCCO2. The number of hydrogen-bond donors (Lipinski definition) is 1. The average Bonchev–Trinajstić information content (AvgIpc) is 2.43. The molecule has 0 spiro atoms. The number of benzene rings is 1. The van der Waals surface area contributed by atoms with E-state index in [2.05, 4.69) is 5.32 Å². The van der Waals surface area contributed by atoms with Crippen molar-refractivity contribution in [1.82, 2.24) is 5.32 Å². The van der Waals surface area contributed by atoms with Crippen molar-refractivity contribution in [3.8, 4) is 11.5 Å². The Labute approximate surface area is 121 Å². The van der Waals surface area contributed by atoms with Crippen LogP contribution in [0.4, 0.5) is 0 Å². The summed E-state index contributed by atoms with van der Waals surface area (Å²) in [6.45, 7) is 2.73. The Morgan fingerprint density at radius 2 is 2.00 bits per heavy atom. The molecule has 0 aliphatic carbocycles. The maximum atomic E-state index is 11.7. The first kappa shape index (κ1) is 13.2. The van der Waals surface area contributed by atoms with Crippen LogP contribution >= 0.6 is 11.6 Å². The summed E-state index contributed by atoms with van der Waals surface area (Å²) in [4.78, 5) is 23.3. The van der Waals surface area contributed by atoms with Gasteiger partial charge in [-0.25, -0.2) is 0 Å². The molecular weight excluding hydrogens is 282 g/mol. The van der Waals surface area contributed by atoms with E-state index in [-0.39, 0.29) is 30.1 Å². The normalized spacial score (nSPS) is 25.3. The van der Waals surface area contributed by atoms with Gasteiger partial charge >= 0.3 is 0 Å². The largest absolute Gasteiger partial charge is 0.486 e. The first-order valence-corrected chi connectivity index (χ1v) is 6.87. The summed E-state index contributed by atoms with van der Waals surface area (Å²) in [5.41, 5.74) is 0.829. The second kappa shape index (κ2) is 4.98. The third kappa shape index (κ3) is 2.22. The third-order valence-corrected chi connectivity index (χ3v) is 4.01. The number of carbonyl (C=O) groups excluding carboxylic acids is 2. The standard InChI is InChI=1S/C14H14ClNO4/c1-7-9(6-12(17)16-14(7)18)8-4-10(15)13-11(5-8)19-2-3-20-13/h4-5,7,9H,2-3,6H2,1H3,(H,16,17,18). The fraction of sp³-hybridized carbons (Fsp3) is 0.429. The Kier molecular flexibility index (Phi) is 3.30. The van der Waals surface area contributed by atoms with Gasteiger partial charge in [-0.15, -0.1) is 0 Å². The number of hydrogen-bond acceptors (Lipinski definition) is 4. The number of halogens is 1. The summed E-state index contributed by atoms with van der Waals surface area (Å²) in [5.74, 6) is 0.113. The molecule has 1 saturated heterocycles. The number of imide groups is 1. The predicted octanol–water partition coefficient (Wildman–Crippen LogP) is 1.88. The Morgan fingerprint density at radius 1 is 1.25 bits per heavy atom. The maximum Gasteiger partial charge on any atom is 0.230 e. The van der Waals surface area contributed by atoms with Gasteiger partial charge in [0.05, 0.1) is 5.02 Å². The molecule has 0 saturated carbocycles. The van der Waals surface area contributed by atoms with Crippen molar-refractivity contribution in [2.24, 2.45) is 5.92 Å². The van der Waals surface area contributed by atoms with Gasteiger partial charge in [0.2, 0.25) is 11.8 Å². The van der Waals surface area contributed by atoms with E-state index in [4.69, 9.17) is 21.1 Å². The first-order chi connectivity index (χ1) is 9.56. The molecule has 2 aliphatic rings. The Hall–Kier alpha value is -1.75. The summed E-state index contributed by atoms with van der Waals surface area (Å²) < 4.78 is 11.0. The summed E-state index contributed by atoms with van der Waals surface area (Å²) in [6.07, 6.45) is 0.267. The molecule has 2 heterocycles. The zero-order chi connectivity index (χ0) is 14.3. The fourth-order valence-corrected chi connectivity index (χ4v) is 2.89. The topological polar surface area (TPSA) is 64.6 Å². The van der Waals surface area contributed by atoms with E-state index in [9.17, 15) is 9.59 Å². The third-order valence-electron chi connectivity index (χ3n) is 3.73. The van der Waals surface area contributed by atoms with Crippen molar-refractivity contribution in [1.29, 1.82) is 0 Å². The molecule has 2 amide bonds. The molecule has 3 rings (SSSR count). The number of piperidine rings is 1. The zero-order valence-corrected chi connectivity index (χ0v) is 11.7. The molecule has 0 bridgehead atoms. The molecule has 0 aromatic heterocycles. The van der Waals surface area contributed by atoms with E-state index in [0.717, 1.165) is 5.56 Å². The Morgan fingerprint density at radius 3 is 2.80 bits per heavy atom. The molecule has 1 fully saturated rings. The monoisotopic (exact) mass is 295 g/mol. The second-order valence-electron chi connectivity index (χ2n) is 5.04. The summed E-state index contributed by atoms with van der Waals surface area (Å²) in [6, 6.07) is 3.57. The van der Waals surface area contributed by atoms with Crippen LogP contribution in [0, 0.1) is 5.92 Å². The molecular formula is C14H14ClNO4. The highest BCUT2D eigenvalue weighted by molar-refractivity contribution is 6.32. The molecule has 2 atom stereocenters. The molecule has 1 aromatic carbocycles. The molecule has 106 valence electrons. The molecule has 2 unspecified atom stereocenters. The predicted molar refractivity (Wildman–Crippen MR) is 72.1 cm³/mol. The van der Waals surface area contributed by atoms with Crippen molar-refractivity contribution in [2.45, 2.75) is 19.3 Å². The van der Waals surface area contributed by atoms with E-state index in [0.29, 0.717) is 29.7 Å². The lowest BCUT2D eigenvalue weighted by molar-refractivity contribution is -0.136. The van der Waals surface area contributed by atoms with E-state index < -0.39 is 0 Å². The number of carbonyl (C=O) groups is 2. The number of nitrogens with one attached hydrogen (secondary N) is 1. The van der Waals surface area contributed by atoms with Crippen LogP contribution in [0.5, 0.6) is 11.5 Å². The number of rotatable bonds is 1. The van der Waals surface area contributed by atoms with Gasteiger partial charge in [0, 0.05) is 18.3 Å². The molecule has 20 heavy (non-hydrogen) atoms. The van der Waals surface area contributed by atoms with Gasteiger partial charge in [0.25, 0.3) is 0 Å². The Balaban J connectivity index is 1.99. The van der Waals surface area contributed by atoms with Crippen molar-refractivity contribution in [3.63, 3.8) is 0 Å². The smallest absolute Gasteiger partial charge is 0.230 e.